The number of aromatic nitrogens is 1. The number of nitrogens with one attached hydrogen (secondary N) is 1. The molecule has 0 bridgehead atoms. The fourth-order valence-electron chi connectivity index (χ4n) is 2.13. The van der Waals surface area contributed by atoms with Crippen molar-refractivity contribution >= 4 is 28.4 Å². The number of hydrogen-bond donors (Lipinski definition) is 3. The third kappa shape index (κ3) is 2.59. The first-order valence-electron chi connectivity index (χ1n) is 6.36. The maximum atomic E-state index is 12.6. The van der Waals surface area contributed by atoms with E-state index in [-0.39, 0.29) is 18.5 Å². The topological polar surface area (TPSA) is 105 Å². The molecule has 2 rings (SSSR count). The molecule has 0 saturated carbocycles. The number of nitrogen functional groups attached to an aromatic ring is 1. The van der Waals surface area contributed by atoms with Crippen LogP contribution in [0.3, 0.4) is 0 Å². The Balaban J connectivity index is 2.43. The molecule has 20 heavy (non-hydrogen) atoms. The molecule has 0 atom stereocenters. The van der Waals surface area contributed by atoms with Gasteiger partial charge in [0.2, 0.25) is 5.91 Å². The largest absolute Gasteiger partial charge is 0.399 e. The van der Waals surface area contributed by atoms with Crippen molar-refractivity contribution in [1.29, 1.82) is 0 Å². The summed E-state index contributed by atoms with van der Waals surface area (Å²) in [6.07, 6.45) is 1.63. The van der Waals surface area contributed by atoms with E-state index in [2.05, 4.69) is 4.98 Å². The lowest BCUT2D eigenvalue weighted by Gasteiger charge is -2.25. The molecule has 2 aromatic rings. The van der Waals surface area contributed by atoms with Crippen LogP contribution >= 0.6 is 0 Å². The lowest BCUT2D eigenvalue weighted by molar-refractivity contribution is -0.119. The van der Waals surface area contributed by atoms with Crippen LogP contribution in [0.5, 0.6) is 0 Å². The first-order valence-corrected chi connectivity index (χ1v) is 6.36. The second kappa shape index (κ2) is 5.24. The molecule has 2 amide bonds. The van der Waals surface area contributed by atoms with Gasteiger partial charge in [-0.1, -0.05) is 0 Å². The van der Waals surface area contributed by atoms with E-state index in [1.807, 2.05) is 19.9 Å². The Labute approximate surface area is 116 Å². The van der Waals surface area contributed by atoms with Crippen LogP contribution in [0.4, 0.5) is 5.69 Å². The molecular weight excluding hydrogens is 256 g/mol. The number of anilines is 1. The summed E-state index contributed by atoms with van der Waals surface area (Å²) >= 11 is 0. The van der Waals surface area contributed by atoms with E-state index in [9.17, 15) is 9.59 Å². The number of hydrogen-bond acceptors (Lipinski definition) is 3. The summed E-state index contributed by atoms with van der Waals surface area (Å²) in [4.78, 5) is 28.1. The minimum Gasteiger partial charge on any atom is -0.399 e. The zero-order valence-electron chi connectivity index (χ0n) is 11.5. The number of carbonyl (C=O) groups is 2. The molecule has 0 aliphatic rings. The van der Waals surface area contributed by atoms with Crippen molar-refractivity contribution in [3.8, 4) is 0 Å². The van der Waals surface area contributed by atoms with Crippen LogP contribution in [0.2, 0.25) is 0 Å². The Bertz CT molecular complexity index is 660. The third-order valence-electron chi connectivity index (χ3n) is 3.15. The molecule has 1 aromatic carbocycles. The number of aromatic amines is 1. The molecule has 0 saturated heterocycles. The number of fused-ring (bicyclic) bond motifs is 1. The molecule has 5 N–H and O–H groups in total. The van der Waals surface area contributed by atoms with Crippen molar-refractivity contribution in [3.63, 3.8) is 0 Å². The van der Waals surface area contributed by atoms with Gasteiger partial charge < -0.3 is 21.4 Å². The van der Waals surface area contributed by atoms with Gasteiger partial charge >= 0.3 is 0 Å². The van der Waals surface area contributed by atoms with E-state index in [0.717, 1.165) is 10.9 Å². The number of nitrogens with two attached hydrogens (primary N) is 2. The predicted octanol–water partition coefficient (Wildman–Crippen LogP) is 1.09. The molecule has 6 heteroatoms. The van der Waals surface area contributed by atoms with E-state index < -0.39 is 5.91 Å². The molecule has 0 radical (unpaired) electrons. The third-order valence-corrected chi connectivity index (χ3v) is 3.15. The van der Waals surface area contributed by atoms with Crippen LogP contribution in [0, 0.1) is 0 Å². The lowest BCUT2D eigenvalue weighted by Crippen LogP contribution is -2.42. The smallest absolute Gasteiger partial charge is 0.256 e. The average molecular weight is 274 g/mol. The van der Waals surface area contributed by atoms with Crippen LogP contribution < -0.4 is 11.5 Å². The minimum atomic E-state index is -0.536. The lowest BCUT2D eigenvalue weighted by atomic mass is 10.1. The highest BCUT2D eigenvalue weighted by Gasteiger charge is 2.23. The van der Waals surface area contributed by atoms with Crippen molar-refractivity contribution in [2.24, 2.45) is 5.73 Å². The molecule has 1 aromatic heterocycles. The Hall–Kier alpha value is -2.50. The van der Waals surface area contributed by atoms with Gasteiger partial charge in [-0.2, -0.15) is 0 Å². The maximum Gasteiger partial charge on any atom is 0.256 e. The van der Waals surface area contributed by atoms with Gasteiger partial charge in [0.15, 0.2) is 0 Å². The number of carbonyl (C=O) groups excluding carboxylic acids is 2. The normalized spacial score (nSPS) is 10.9. The number of primary amides is 1. The molecular formula is C14H18N4O2. The quantitative estimate of drug-likeness (QED) is 0.726. The summed E-state index contributed by atoms with van der Waals surface area (Å²) in [6, 6.07) is 5.19. The maximum absolute atomic E-state index is 12.6. The Kier molecular flexibility index (Phi) is 3.65. The van der Waals surface area contributed by atoms with Gasteiger partial charge in [0, 0.05) is 28.8 Å². The standard InChI is InChI=1S/C14H18N4O2/c1-8(2)18(7-13(16)19)14(20)11-6-17-12-4-3-9(15)5-10(11)12/h3-6,8,17H,7,15H2,1-2H3,(H2,16,19). The van der Waals surface area contributed by atoms with Gasteiger partial charge in [0.25, 0.3) is 5.91 Å². The highest BCUT2D eigenvalue weighted by atomic mass is 16.2. The fourth-order valence-corrected chi connectivity index (χ4v) is 2.13. The zero-order valence-corrected chi connectivity index (χ0v) is 11.5. The van der Waals surface area contributed by atoms with E-state index in [4.69, 9.17) is 11.5 Å². The van der Waals surface area contributed by atoms with E-state index >= 15 is 0 Å². The van der Waals surface area contributed by atoms with Gasteiger partial charge in [0.05, 0.1) is 12.1 Å². The Morgan fingerprint density at radius 1 is 1.35 bits per heavy atom. The van der Waals surface area contributed by atoms with Gasteiger partial charge in [-0.15, -0.1) is 0 Å². The van der Waals surface area contributed by atoms with E-state index in [0.29, 0.717) is 11.3 Å². The van der Waals surface area contributed by atoms with Gasteiger partial charge in [-0.3, -0.25) is 9.59 Å². The summed E-state index contributed by atoms with van der Waals surface area (Å²) < 4.78 is 0. The summed E-state index contributed by atoms with van der Waals surface area (Å²) in [5, 5.41) is 0.741. The highest BCUT2D eigenvalue weighted by Crippen LogP contribution is 2.22. The first-order chi connectivity index (χ1) is 9.40. The number of H-pyrrole nitrogens is 1. The molecule has 6 nitrogen and oxygen atoms in total. The van der Waals surface area contributed by atoms with Gasteiger partial charge in [-0.05, 0) is 32.0 Å². The number of rotatable bonds is 4. The summed E-state index contributed by atoms with van der Waals surface area (Å²) in [6.45, 7) is 3.57. The molecule has 0 aliphatic carbocycles. The molecule has 1 heterocycles. The molecule has 106 valence electrons. The SMILES string of the molecule is CC(C)N(CC(N)=O)C(=O)c1c[nH]c2ccc(N)cc12. The van der Waals surface area contributed by atoms with Gasteiger partial charge in [0.1, 0.15) is 0 Å². The minimum absolute atomic E-state index is 0.106. The second-order valence-corrected chi connectivity index (χ2v) is 5.00. The van der Waals surface area contributed by atoms with Crippen LogP contribution in [0.15, 0.2) is 24.4 Å². The van der Waals surface area contributed by atoms with Crippen molar-refractivity contribution in [3.05, 3.63) is 30.0 Å². The summed E-state index contributed by atoms with van der Waals surface area (Å²) in [5.74, 6) is -0.776. The monoisotopic (exact) mass is 274 g/mol. The summed E-state index contributed by atoms with van der Waals surface area (Å²) in [7, 11) is 0. The molecule has 0 spiro atoms. The highest BCUT2D eigenvalue weighted by molar-refractivity contribution is 6.08. The number of amides is 2. The number of nitrogens with zero attached hydrogens (tertiary/aromatic N) is 1. The van der Waals surface area contributed by atoms with Crippen molar-refractivity contribution in [2.75, 3.05) is 12.3 Å². The first kappa shape index (κ1) is 13.9. The van der Waals surface area contributed by atoms with E-state index in [1.165, 1.54) is 4.90 Å². The van der Waals surface area contributed by atoms with Crippen molar-refractivity contribution < 1.29 is 9.59 Å². The molecule has 0 aliphatic heterocycles. The molecule has 0 fully saturated rings. The average Bonchev–Trinajstić information content (AvgIpc) is 2.77. The molecule has 0 unspecified atom stereocenters. The Morgan fingerprint density at radius 3 is 2.65 bits per heavy atom. The van der Waals surface area contributed by atoms with Crippen LogP contribution in [0.1, 0.15) is 24.2 Å². The van der Waals surface area contributed by atoms with Crippen LogP contribution in [-0.2, 0) is 4.79 Å². The summed E-state index contributed by atoms with van der Waals surface area (Å²) in [5.41, 5.74) is 12.8. The van der Waals surface area contributed by atoms with Gasteiger partial charge in [-0.25, -0.2) is 0 Å². The predicted molar refractivity (Wildman–Crippen MR) is 78.1 cm³/mol. The van der Waals surface area contributed by atoms with Crippen LogP contribution in [-0.4, -0.2) is 34.3 Å². The van der Waals surface area contributed by atoms with Crippen molar-refractivity contribution in [2.45, 2.75) is 19.9 Å². The zero-order chi connectivity index (χ0) is 14.9. The second-order valence-electron chi connectivity index (χ2n) is 5.00. The fraction of sp³-hybridized carbons (Fsp3) is 0.286. The van der Waals surface area contributed by atoms with E-state index in [1.54, 1.807) is 18.3 Å². The Morgan fingerprint density at radius 2 is 2.05 bits per heavy atom. The van der Waals surface area contributed by atoms with Crippen LogP contribution in [0.25, 0.3) is 10.9 Å². The number of benzene rings is 1. The van der Waals surface area contributed by atoms with Crippen molar-refractivity contribution in [1.82, 2.24) is 9.88 Å².